The molecular formula is C46H54N2O10. The third-order valence-corrected chi connectivity index (χ3v) is 9.78. The minimum atomic E-state index is -0.543. The zero-order valence-corrected chi connectivity index (χ0v) is 34.9. The summed E-state index contributed by atoms with van der Waals surface area (Å²) in [5.74, 6) is 1.05. The van der Waals surface area contributed by atoms with E-state index < -0.39 is 11.9 Å². The highest BCUT2D eigenvalue weighted by Crippen LogP contribution is 2.33. The van der Waals surface area contributed by atoms with Crippen LogP contribution in [0.4, 0.5) is 0 Å². The van der Waals surface area contributed by atoms with Crippen LogP contribution in [0.5, 0.6) is 23.0 Å². The van der Waals surface area contributed by atoms with E-state index in [0.717, 1.165) is 33.6 Å². The molecule has 0 saturated heterocycles. The number of hydrogen-bond donors (Lipinski definition) is 1. The average Bonchev–Trinajstić information content (AvgIpc) is 3.21. The van der Waals surface area contributed by atoms with Crippen molar-refractivity contribution >= 4 is 23.4 Å². The first-order chi connectivity index (χ1) is 27.9. The van der Waals surface area contributed by atoms with Gasteiger partial charge in [-0.05, 0) is 112 Å². The number of carbonyl (C=O) groups is 2. The predicted molar refractivity (Wildman–Crippen MR) is 223 cm³/mol. The number of carbonyl (C=O) groups excluding carboxylic acids is 2. The van der Waals surface area contributed by atoms with Crippen molar-refractivity contribution in [3.8, 4) is 23.0 Å². The molecule has 0 fully saturated rings. The van der Waals surface area contributed by atoms with Gasteiger partial charge >= 0.3 is 11.9 Å². The maximum atomic E-state index is 12.3. The zero-order valence-electron chi connectivity index (χ0n) is 34.9. The summed E-state index contributed by atoms with van der Waals surface area (Å²) in [4.78, 5) is 34.2. The van der Waals surface area contributed by atoms with E-state index in [-0.39, 0.29) is 23.8 Å². The number of nitrogens with zero attached hydrogens (tertiary/aromatic N) is 2. The SMILES string of the molecule is CO/N=C(\C(=O)OC)C1=C(COc2cccc(O)c2)CC(C)=C(C)C1.CO/N=C(\C(=O)OC)C1=C(COc2cccc(OCc3cccc(C)c3)c2)CC(C)=C(C)C1. The summed E-state index contributed by atoms with van der Waals surface area (Å²) in [5.41, 5.74) is 11.0. The van der Waals surface area contributed by atoms with Gasteiger partial charge in [0.25, 0.3) is 0 Å². The molecule has 0 saturated carbocycles. The third kappa shape index (κ3) is 12.6. The van der Waals surface area contributed by atoms with Crippen LogP contribution in [0.15, 0.2) is 128 Å². The number of benzene rings is 3. The van der Waals surface area contributed by atoms with Gasteiger partial charge < -0.3 is 38.5 Å². The maximum absolute atomic E-state index is 12.3. The second kappa shape index (κ2) is 21.9. The van der Waals surface area contributed by atoms with Crippen LogP contribution in [-0.4, -0.2) is 70.1 Å². The van der Waals surface area contributed by atoms with Gasteiger partial charge in [0.15, 0.2) is 11.4 Å². The number of aryl methyl sites for hydroxylation is 1. The van der Waals surface area contributed by atoms with E-state index in [2.05, 4.69) is 50.1 Å². The summed E-state index contributed by atoms with van der Waals surface area (Å²) in [6, 6.07) is 22.4. The van der Waals surface area contributed by atoms with E-state index in [0.29, 0.717) is 50.4 Å². The van der Waals surface area contributed by atoms with Crippen LogP contribution in [0, 0.1) is 6.92 Å². The second-order valence-electron chi connectivity index (χ2n) is 14.0. The van der Waals surface area contributed by atoms with Crippen molar-refractivity contribution in [3.63, 3.8) is 0 Å². The van der Waals surface area contributed by atoms with Crippen molar-refractivity contribution in [2.24, 2.45) is 10.3 Å². The van der Waals surface area contributed by atoms with Crippen LogP contribution in [0.25, 0.3) is 0 Å². The van der Waals surface area contributed by atoms with Crippen molar-refractivity contribution in [1.29, 1.82) is 0 Å². The Morgan fingerprint density at radius 1 is 0.552 bits per heavy atom. The summed E-state index contributed by atoms with van der Waals surface area (Å²) in [7, 11) is 5.46. The molecule has 3 aromatic carbocycles. The van der Waals surface area contributed by atoms with Crippen LogP contribution in [0.2, 0.25) is 0 Å². The molecule has 0 unspecified atom stereocenters. The molecule has 0 aromatic heterocycles. The minimum Gasteiger partial charge on any atom is -0.508 e. The molecule has 2 aliphatic rings. The number of hydrogen-bond acceptors (Lipinski definition) is 12. The molecule has 0 spiro atoms. The highest BCUT2D eigenvalue weighted by Gasteiger charge is 2.28. The van der Waals surface area contributed by atoms with Gasteiger partial charge in [-0.3, -0.25) is 0 Å². The van der Waals surface area contributed by atoms with Gasteiger partial charge in [-0.25, -0.2) is 9.59 Å². The first-order valence-electron chi connectivity index (χ1n) is 18.8. The molecule has 0 aliphatic heterocycles. The van der Waals surface area contributed by atoms with Crippen molar-refractivity contribution < 1.29 is 48.1 Å². The molecule has 0 radical (unpaired) electrons. The van der Waals surface area contributed by atoms with Gasteiger partial charge in [-0.1, -0.05) is 74.6 Å². The summed E-state index contributed by atoms with van der Waals surface area (Å²) in [6.07, 6.45) is 2.56. The lowest BCUT2D eigenvalue weighted by molar-refractivity contribution is -0.133. The van der Waals surface area contributed by atoms with Gasteiger partial charge in [-0.15, -0.1) is 0 Å². The molecule has 3 aromatic rings. The number of rotatable bonds is 15. The number of aromatic hydroxyl groups is 1. The largest absolute Gasteiger partial charge is 0.508 e. The van der Waals surface area contributed by atoms with Crippen LogP contribution >= 0.6 is 0 Å². The number of esters is 2. The fourth-order valence-electron chi connectivity index (χ4n) is 6.36. The average molecular weight is 795 g/mol. The molecule has 0 atom stereocenters. The fourth-order valence-corrected chi connectivity index (χ4v) is 6.36. The smallest absolute Gasteiger partial charge is 0.360 e. The lowest BCUT2D eigenvalue weighted by Gasteiger charge is -2.23. The number of ether oxygens (including phenoxy) is 5. The highest BCUT2D eigenvalue weighted by molar-refractivity contribution is 6.43. The molecule has 5 rings (SSSR count). The lowest BCUT2D eigenvalue weighted by atomic mass is 9.85. The normalized spacial score (nSPS) is 14.7. The molecule has 1 N–H and O–H groups in total. The Labute approximate surface area is 341 Å². The van der Waals surface area contributed by atoms with E-state index in [1.165, 1.54) is 56.3 Å². The second-order valence-corrected chi connectivity index (χ2v) is 14.0. The zero-order chi connectivity index (χ0) is 42.2. The predicted octanol–water partition coefficient (Wildman–Crippen LogP) is 8.93. The van der Waals surface area contributed by atoms with Gasteiger partial charge in [0, 0.05) is 12.1 Å². The highest BCUT2D eigenvalue weighted by atomic mass is 16.6. The summed E-state index contributed by atoms with van der Waals surface area (Å²) < 4.78 is 27.6. The van der Waals surface area contributed by atoms with Crippen molar-refractivity contribution in [3.05, 3.63) is 129 Å². The summed E-state index contributed by atoms with van der Waals surface area (Å²) in [6.45, 7) is 11.4. The molecule has 58 heavy (non-hydrogen) atoms. The van der Waals surface area contributed by atoms with Crippen molar-refractivity contribution in [2.45, 2.75) is 66.9 Å². The standard InChI is InChI=1S/C27H31NO5.C19H23NO5/c1-18-8-6-9-21(12-18)16-32-23-10-7-11-24(15-23)33-17-22-13-19(2)20(3)14-25(22)26(28-31-5)27(29)30-4;1-12-8-14(11-25-16-7-5-6-15(21)10-16)17(9-13(12)2)18(20-24-4)19(22)23-3/h6-12,15H,13-14,16-17H2,1-5H3;5-7,10,21H,8-9,11H2,1-4H3/b28-26-;20-18-. The quantitative estimate of drug-likeness (QED) is 0.0686. The molecule has 12 nitrogen and oxygen atoms in total. The molecule has 0 amide bonds. The summed E-state index contributed by atoms with van der Waals surface area (Å²) >= 11 is 0. The monoisotopic (exact) mass is 794 g/mol. The Kier molecular flexibility index (Phi) is 16.7. The molecule has 2 aliphatic carbocycles. The van der Waals surface area contributed by atoms with Crippen LogP contribution in [0.1, 0.15) is 64.5 Å². The van der Waals surface area contributed by atoms with Gasteiger partial charge in [0.05, 0.1) is 14.2 Å². The molecule has 0 heterocycles. The maximum Gasteiger partial charge on any atom is 0.360 e. The fraction of sp³-hybridized carbons (Fsp3) is 0.348. The van der Waals surface area contributed by atoms with Crippen LogP contribution < -0.4 is 14.2 Å². The van der Waals surface area contributed by atoms with Crippen molar-refractivity contribution in [2.75, 3.05) is 41.7 Å². The van der Waals surface area contributed by atoms with E-state index in [1.807, 2.05) is 43.3 Å². The van der Waals surface area contributed by atoms with Crippen LogP contribution in [-0.2, 0) is 35.3 Å². The Hall–Kier alpha value is -6.30. The molecule has 12 heteroatoms. The lowest BCUT2D eigenvalue weighted by Crippen LogP contribution is -2.24. The Bertz CT molecular complexity index is 2140. The van der Waals surface area contributed by atoms with Gasteiger partial charge in [0.1, 0.15) is 57.0 Å². The van der Waals surface area contributed by atoms with Crippen molar-refractivity contribution in [1.82, 2.24) is 0 Å². The molecule has 308 valence electrons. The van der Waals surface area contributed by atoms with E-state index in [1.54, 1.807) is 24.3 Å². The number of methoxy groups -OCH3 is 2. The van der Waals surface area contributed by atoms with Gasteiger partial charge in [-0.2, -0.15) is 0 Å². The van der Waals surface area contributed by atoms with E-state index in [9.17, 15) is 14.7 Å². The third-order valence-electron chi connectivity index (χ3n) is 9.78. The van der Waals surface area contributed by atoms with E-state index >= 15 is 0 Å². The Morgan fingerprint density at radius 2 is 0.983 bits per heavy atom. The number of phenolic OH excluding ortho intramolecular Hbond substituents is 1. The first-order valence-corrected chi connectivity index (χ1v) is 18.8. The van der Waals surface area contributed by atoms with E-state index in [4.69, 9.17) is 33.4 Å². The van der Waals surface area contributed by atoms with Crippen LogP contribution in [0.3, 0.4) is 0 Å². The van der Waals surface area contributed by atoms with Gasteiger partial charge in [0.2, 0.25) is 0 Å². The summed E-state index contributed by atoms with van der Waals surface area (Å²) in [5, 5.41) is 17.4. The number of oxime groups is 2. The topological polar surface area (TPSA) is 144 Å². The Balaban J connectivity index is 0.000000267. The number of phenols is 1. The number of allylic oxidation sites excluding steroid dienone is 4. The first kappa shape index (κ1) is 44.4. The molecule has 0 bridgehead atoms. The molecular weight excluding hydrogens is 741 g/mol. The minimum absolute atomic E-state index is 0.137. The Morgan fingerprint density at radius 3 is 1.43 bits per heavy atom.